The molecule has 1 heterocycles. The molecule has 0 fully saturated rings. The number of hydrogen-bond donors (Lipinski definition) is 0. The quantitative estimate of drug-likeness (QED) is 0.336. The summed E-state index contributed by atoms with van der Waals surface area (Å²) < 4.78 is 35.6. The third-order valence-corrected chi connectivity index (χ3v) is 6.44. The van der Waals surface area contributed by atoms with Crippen LogP contribution in [0.1, 0.15) is 15.9 Å². The molecule has 4 rings (SSSR count). The molecule has 0 aromatic heterocycles. The van der Waals surface area contributed by atoms with Crippen molar-refractivity contribution in [1.29, 1.82) is 0 Å². The Hall–Kier alpha value is -2.51. The van der Waals surface area contributed by atoms with Gasteiger partial charge in [-0.1, -0.05) is 40.9 Å². The van der Waals surface area contributed by atoms with Gasteiger partial charge in [-0.15, -0.1) is 0 Å². The van der Waals surface area contributed by atoms with Crippen LogP contribution < -0.4 is 8.92 Å². The highest BCUT2D eigenvalue weighted by Crippen LogP contribution is 2.36. The monoisotopic (exact) mass is 480 g/mol. The van der Waals surface area contributed by atoms with Gasteiger partial charge in [-0.2, -0.15) is 8.42 Å². The molecule has 1 aliphatic rings. The highest BCUT2D eigenvalue weighted by molar-refractivity contribution is 7.87. The second-order valence-electron chi connectivity index (χ2n) is 6.26. The molecule has 0 aliphatic carbocycles. The topological polar surface area (TPSA) is 69.7 Å². The first-order valence-corrected chi connectivity index (χ1v) is 11.0. The van der Waals surface area contributed by atoms with E-state index >= 15 is 0 Å². The molecule has 152 valence electrons. The number of fused-ring (bicyclic) bond motifs is 1. The van der Waals surface area contributed by atoms with Crippen molar-refractivity contribution < 1.29 is 22.1 Å². The van der Waals surface area contributed by atoms with Crippen molar-refractivity contribution in [2.75, 3.05) is 0 Å². The van der Waals surface area contributed by atoms with E-state index in [4.69, 9.17) is 43.7 Å². The Morgan fingerprint density at radius 1 is 0.867 bits per heavy atom. The van der Waals surface area contributed by atoms with Gasteiger partial charge in [0.15, 0.2) is 5.76 Å². The molecule has 3 aromatic carbocycles. The van der Waals surface area contributed by atoms with Gasteiger partial charge in [-0.05, 0) is 60.2 Å². The highest BCUT2D eigenvalue weighted by Gasteiger charge is 2.28. The number of rotatable bonds is 4. The number of hydrogen-bond acceptors (Lipinski definition) is 5. The van der Waals surface area contributed by atoms with Crippen LogP contribution in [0.25, 0.3) is 6.08 Å². The van der Waals surface area contributed by atoms with E-state index in [1.165, 1.54) is 48.5 Å². The van der Waals surface area contributed by atoms with Crippen LogP contribution in [0, 0.1) is 0 Å². The van der Waals surface area contributed by atoms with Gasteiger partial charge >= 0.3 is 10.1 Å². The van der Waals surface area contributed by atoms with E-state index in [1.54, 1.807) is 18.2 Å². The molecule has 0 unspecified atom stereocenters. The molecule has 0 N–H and O–H groups in total. The fourth-order valence-electron chi connectivity index (χ4n) is 2.75. The van der Waals surface area contributed by atoms with Gasteiger partial charge in [-0.3, -0.25) is 4.79 Å². The molecule has 0 saturated carbocycles. The third-order valence-electron chi connectivity index (χ3n) is 4.19. The Kier molecular flexibility index (Phi) is 5.51. The minimum atomic E-state index is -4.07. The Labute approximate surface area is 187 Å². The van der Waals surface area contributed by atoms with Gasteiger partial charge in [0.05, 0.1) is 15.6 Å². The summed E-state index contributed by atoms with van der Waals surface area (Å²) in [5.41, 5.74) is 0.917. The van der Waals surface area contributed by atoms with E-state index in [1.807, 2.05) is 0 Å². The SMILES string of the molecule is O=C1/C(=C/c2ccc(Cl)c(Cl)c2)Oc2cc(OS(=O)(=O)c3ccc(Cl)cc3)ccc21. The van der Waals surface area contributed by atoms with Crippen LogP contribution in [-0.4, -0.2) is 14.2 Å². The number of carbonyl (C=O) groups is 1. The zero-order valence-electron chi connectivity index (χ0n) is 14.9. The predicted octanol–water partition coefficient (Wildman–Crippen LogP) is 6.03. The fraction of sp³-hybridized carbons (Fsp3) is 0. The number of carbonyl (C=O) groups excluding carboxylic acids is 1. The second-order valence-corrected chi connectivity index (χ2v) is 9.06. The van der Waals surface area contributed by atoms with E-state index < -0.39 is 10.1 Å². The summed E-state index contributed by atoms with van der Waals surface area (Å²) in [4.78, 5) is 12.5. The van der Waals surface area contributed by atoms with Crippen molar-refractivity contribution in [2.45, 2.75) is 4.90 Å². The first kappa shape index (κ1) is 20.8. The van der Waals surface area contributed by atoms with E-state index in [9.17, 15) is 13.2 Å². The normalized spacial score (nSPS) is 14.5. The molecular weight excluding hydrogens is 471 g/mol. The molecule has 0 radical (unpaired) electrons. The van der Waals surface area contributed by atoms with Crippen molar-refractivity contribution >= 4 is 56.8 Å². The molecule has 5 nitrogen and oxygen atoms in total. The average Bonchev–Trinajstić information content (AvgIpc) is 2.99. The lowest BCUT2D eigenvalue weighted by Gasteiger charge is -2.08. The molecule has 0 amide bonds. The van der Waals surface area contributed by atoms with E-state index in [2.05, 4.69) is 0 Å². The van der Waals surface area contributed by atoms with Crippen molar-refractivity contribution in [1.82, 2.24) is 0 Å². The summed E-state index contributed by atoms with van der Waals surface area (Å²) in [6.45, 7) is 0. The summed E-state index contributed by atoms with van der Waals surface area (Å²) in [5.74, 6) is -0.0771. The zero-order valence-corrected chi connectivity index (χ0v) is 18.0. The fourth-order valence-corrected chi connectivity index (χ4v) is 4.10. The molecule has 0 bridgehead atoms. The smallest absolute Gasteiger partial charge is 0.339 e. The van der Waals surface area contributed by atoms with Crippen molar-refractivity contribution in [2.24, 2.45) is 0 Å². The van der Waals surface area contributed by atoms with Crippen LogP contribution in [0.3, 0.4) is 0 Å². The lowest BCUT2D eigenvalue weighted by atomic mass is 10.1. The molecule has 0 spiro atoms. The average molecular weight is 482 g/mol. The first-order valence-electron chi connectivity index (χ1n) is 8.46. The minimum absolute atomic E-state index is 0.00675. The van der Waals surface area contributed by atoms with Crippen molar-refractivity contribution in [3.05, 3.63) is 92.6 Å². The Bertz CT molecular complexity index is 1300. The van der Waals surface area contributed by atoms with Gasteiger partial charge < -0.3 is 8.92 Å². The summed E-state index contributed by atoms with van der Waals surface area (Å²) in [5, 5.41) is 1.14. The molecule has 0 saturated heterocycles. The Balaban J connectivity index is 1.59. The Morgan fingerprint density at radius 2 is 1.60 bits per heavy atom. The van der Waals surface area contributed by atoms with Crippen LogP contribution in [-0.2, 0) is 10.1 Å². The van der Waals surface area contributed by atoms with Crippen LogP contribution in [0.5, 0.6) is 11.5 Å². The molecule has 0 atom stereocenters. The second kappa shape index (κ2) is 7.96. The number of Topliss-reactive ketones (excluding diaryl/α,β-unsaturated/α-hetero) is 1. The summed E-state index contributed by atoms with van der Waals surface area (Å²) in [6.07, 6.45) is 1.52. The number of ketones is 1. The predicted molar refractivity (Wildman–Crippen MR) is 115 cm³/mol. The maximum absolute atomic E-state index is 12.6. The Morgan fingerprint density at radius 3 is 2.30 bits per heavy atom. The standard InChI is InChI=1S/C21H11Cl3O5S/c22-13-2-5-15(6-3-13)30(26,27)29-14-4-7-16-19(11-14)28-20(21(16)25)10-12-1-8-17(23)18(24)9-12/h1-11H/b20-10-. The van der Waals surface area contributed by atoms with Gasteiger partial charge in [0.2, 0.25) is 5.78 Å². The zero-order chi connectivity index (χ0) is 21.5. The molecular formula is C21H11Cl3O5S. The van der Waals surface area contributed by atoms with Crippen LogP contribution >= 0.6 is 34.8 Å². The van der Waals surface area contributed by atoms with E-state index in [0.717, 1.165) is 0 Å². The molecule has 1 aliphatic heterocycles. The number of benzene rings is 3. The van der Waals surface area contributed by atoms with Crippen molar-refractivity contribution in [3.63, 3.8) is 0 Å². The van der Waals surface area contributed by atoms with Gasteiger partial charge in [-0.25, -0.2) is 0 Å². The van der Waals surface area contributed by atoms with Gasteiger partial charge in [0.25, 0.3) is 0 Å². The molecule has 30 heavy (non-hydrogen) atoms. The first-order chi connectivity index (χ1) is 14.2. The minimum Gasteiger partial charge on any atom is -0.452 e. The molecule has 9 heteroatoms. The number of halogens is 3. The lowest BCUT2D eigenvalue weighted by Crippen LogP contribution is -2.09. The van der Waals surface area contributed by atoms with Crippen LogP contribution in [0.2, 0.25) is 15.1 Å². The maximum Gasteiger partial charge on any atom is 0.339 e. The molecule has 3 aromatic rings. The number of ether oxygens (including phenoxy) is 1. The third kappa shape index (κ3) is 4.18. The largest absolute Gasteiger partial charge is 0.452 e. The van der Waals surface area contributed by atoms with Gasteiger partial charge in [0.1, 0.15) is 16.4 Å². The summed E-state index contributed by atoms with van der Waals surface area (Å²) >= 11 is 17.7. The number of allylic oxidation sites excluding steroid dienone is 1. The summed E-state index contributed by atoms with van der Waals surface area (Å²) in [6, 6.07) is 14.6. The van der Waals surface area contributed by atoms with E-state index in [0.29, 0.717) is 20.6 Å². The van der Waals surface area contributed by atoms with Crippen LogP contribution in [0.15, 0.2) is 71.3 Å². The van der Waals surface area contributed by atoms with E-state index in [-0.39, 0.29) is 33.5 Å². The van der Waals surface area contributed by atoms with Crippen LogP contribution in [0.4, 0.5) is 0 Å². The highest BCUT2D eigenvalue weighted by atomic mass is 35.5. The maximum atomic E-state index is 12.6. The lowest BCUT2D eigenvalue weighted by molar-refractivity contribution is 0.101. The van der Waals surface area contributed by atoms with Crippen molar-refractivity contribution in [3.8, 4) is 11.5 Å². The summed E-state index contributed by atoms with van der Waals surface area (Å²) in [7, 11) is -4.07. The van der Waals surface area contributed by atoms with Gasteiger partial charge in [0, 0.05) is 11.1 Å².